The Hall–Kier alpha value is -1.62. The van der Waals surface area contributed by atoms with E-state index in [1.54, 1.807) is 30.1 Å². The van der Waals surface area contributed by atoms with Gasteiger partial charge in [-0.3, -0.25) is 4.79 Å². The molecule has 1 aliphatic rings. The molecule has 1 atom stereocenters. The summed E-state index contributed by atoms with van der Waals surface area (Å²) in [6, 6.07) is 6.28. The van der Waals surface area contributed by atoms with Crippen LogP contribution in [-0.2, 0) is 4.79 Å². The van der Waals surface area contributed by atoms with Crippen molar-refractivity contribution in [1.82, 2.24) is 10.2 Å². The van der Waals surface area contributed by atoms with Gasteiger partial charge in [0.2, 0.25) is 5.91 Å². The smallest absolute Gasteiger partial charge is 0.242 e. The predicted octanol–water partition coefficient (Wildman–Crippen LogP) is 2.20. The summed E-state index contributed by atoms with van der Waals surface area (Å²) in [4.78, 5) is 14.1. The van der Waals surface area contributed by atoms with Gasteiger partial charge >= 0.3 is 0 Å². The van der Waals surface area contributed by atoms with Gasteiger partial charge < -0.3 is 15.0 Å². The van der Waals surface area contributed by atoms with E-state index in [0.29, 0.717) is 6.54 Å². The lowest BCUT2D eigenvalue weighted by Crippen LogP contribution is -2.57. The summed E-state index contributed by atoms with van der Waals surface area (Å²) in [7, 11) is 1.76. The van der Waals surface area contributed by atoms with E-state index in [4.69, 9.17) is 4.74 Å². The highest BCUT2D eigenvalue weighted by Gasteiger charge is 2.36. The third-order valence-electron chi connectivity index (χ3n) is 3.96. The maximum absolute atomic E-state index is 13.4. The number of rotatable bonds is 5. The zero-order valence-electron chi connectivity index (χ0n) is 12.7. The lowest BCUT2D eigenvalue weighted by molar-refractivity contribution is -0.137. The fraction of sp³-hybridized carbons (Fsp3) is 0.562. The molecule has 1 saturated heterocycles. The number of carbonyl (C=O) groups excluding carboxylic acids is 1. The molecule has 0 bridgehead atoms. The Kier molecular flexibility index (Phi) is 5.17. The van der Waals surface area contributed by atoms with E-state index in [2.05, 4.69) is 5.32 Å². The number of nitrogens with zero attached hydrogens (tertiary/aromatic N) is 1. The van der Waals surface area contributed by atoms with E-state index < -0.39 is 5.54 Å². The van der Waals surface area contributed by atoms with Crippen molar-refractivity contribution in [2.24, 2.45) is 0 Å². The molecular weight excluding hydrogens is 271 g/mol. The molecule has 0 aliphatic carbocycles. The largest absolute Gasteiger partial charge is 0.489 e. The highest BCUT2D eigenvalue weighted by Crippen LogP contribution is 2.21. The van der Waals surface area contributed by atoms with Gasteiger partial charge in [0, 0.05) is 7.05 Å². The van der Waals surface area contributed by atoms with Crippen molar-refractivity contribution in [2.75, 3.05) is 26.7 Å². The van der Waals surface area contributed by atoms with Gasteiger partial charge in [-0.1, -0.05) is 12.1 Å². The van der Waals surface area contributed by atoms with Crippen LogP contribution >= 0.6 is 0 Å². The number of para-hydroxylation sites is 1. The van der Waals surface area contributed by atoms with Crippen molar-refractivity contribution >= 4 is 5.91 Å². The van der Waals surface area contributed by atoms with Gasteiger partial charge in [-0.25, -0.2) is 4.39 Å². The Balaban J connectivity index is 1.83. The number of halogens is 1. The predicted molar refractivity (Wildman–Crippen MR) is 79.8 cm³/mol. The number of amides is 1. The second-order valence-corrected chi connectivity index (χ2v) is 5.72. The second kappa shape index (κ2) is 6.89. The summed E-state index contributed by atoms with van der Waals surface area (Å²) in [5, 5.41) is 3.30. The molecule has 1 N–H and O–H groups in total. The molecule has 0 saturated carbocycles. The molecule has 1 aliphatic heterocycles. The Morgan fingerprint density at radius 2 is 2.19 bits per heavy atom. The zero-order chi connectivity index (χ0) is 15.3. The molecule has 0 radical (unpaired) electrons. The van der Waals surface area contributed by atoms with Crippen LogP contribution in [0.1, 0.15) is 26.2 Å². The maximum atomic E-state index is 13.4. The molecule has 0 spiro atoms. The lowest BCUT2D eigenvalue weighted by Gasteiger charge is -2.36. The van der Waals surface area contributed by atoms with Gasteiger partial charge in [-0.2, -0.15) is 0 Å². The number of likely N-dealkylation sites (N-methyl/N-ethyl adjacent to an activating group) is 1. The second-order valence-electron chi connectivity index (χ2n) is 5.72. The Morgan fingerprint density at radius 1 is 1.43 bits per heavy atom. The Bertz CT molecular complexity index is 487. The number of nitrogens with one attached hydrogen (secondary N) is 1. The van der Waals surface area contributed by atoms with Crippen LogP contribution in [-0.4, -0.2) is 43.1 Å². The van der Waals surface area contributed by atoms with Crippen LogP contribution in [0.4, 0.5) is 4.39 Å². The topological polar surface area (TPSA) is 41.6 Å². The van der Waals surface area contributed by atoms with Crippen molar-refractivity contribution in [3.05, 3.63) is 30.1 Å². The van der Waals surface area contributed by atoms with Crippen molar-refractivity contribution in [1.29, 1.82) is 0 Å². The molecule has 2 rings (SSSR count). The maximum Gasteiger partial charge on any atom is 0.242 e. The van der Waals surface area contributed by atoms with Crippen molar-refractivity contribution in [3.63, 3.8) is 0 Å². The Labute approximate surface area is 125 Å². The van der Waals surface area contributed by atoms with E-state index in [1.165, 1.54) is 6.07 Å². The Morgan fingerprint density at radius 3 is 2.86 bits per heavy atom. The molecule has 1 fully saturated rings. The van der Waals surface area contributed by atoms with Crippen LogP contribution in [0, 0.1) is 5.82 Å². The molecule has 1 heterocycles. The summed E-state index contributed by atoms with van der Waals surface area (Å²) in [5.74, 6) is -0.0907. The van der Waals surface area contributed by atoms with E-state index in [-0.39, 0.29) is 24.1 Å². The minimum atomic E-state index is -0.481. The van der Waals surface area contributed by atoms with Crippen LogP contribution in [0.2, 0.25) is 0 Å². The first kappa shape index (κ1) is 15.8. The number of carbonyl (C=O) groups is 1. The summed E-state index contributed by atoms with van der Waals surface area (Å²) in [6.07, 6.45) is 3.03. The zero-order valence-corrected chi connectivity index (χ0v) is 12.7. The molecule has 4 nitrogen and oxygen atoms in total. The first-order chi connectivity index (χ1) is 10.0. The van der Waals surface area contributed by atoms with Gasteiger partial charge in [-0.05, 0) is 44.9 Å². The van der Waals surface area contributed by atoms with E-state index in [0.717, 1.165) is 25.8 Å². The fourth-order valence-electron chi connectivity index (χ4n) is 2.62. The fourth-order valence-corrected chi connectivity index (χ4v) is 2.62. The molecular formula is C16H23FN2O2. The standard InChI is InChI=1S/C16H23FN2O2/c1-16(9-5-6-10-18-16)15(20)19(2)11-12-21-14-8-4-3-7-13(14)17/h3-4,7-8,18H,5-6,9-12H2,1-2H3. The minimum Gasteiger partial charge on any atom is -0.489 e. The number of hydrogen-bond donors (Lipinski definition) is 1. The molecule has 1 aromatic rings. The number of benzene rings is 1. The van der Waals surface area contributed by atoms with Crippen molar-refractivity contribution in [3.8, 4) is 5.75 Å². The number of ether oxygens (including phenoxy) is 1. The molecule has 1 unspecified atom stereocenters. The summed E-state index contributed by atoms with van der Waals surface area (Å²) < 4.78 is 18.8. The molecule has 21 heavy (non-hydrogen) atoms. The van der Waals surface area contributed by atoms with Gasteiger partial charge in [-0.15, -0.1) is 0 Å². The lowest BCUT2D eigenvalue weighted by atomic mass is 9.89. The van der Waals surface area contributed by atoms with Crippen molar-refractivity contribution in [2.45, 2.75) is 31.7 Å². The molecule has 0 aromatic heterocycles. The third kappa shape index (κ3) is 3.94. The molecule has 1 amide bonds. The van der Waals surface area contributed by atoms with Gasteiger partial charge in [0.05, 0.1) is 12.1 Å². The summed E-state index contributed by atoms with van der Waals surface area (Å²) in [6.45, 7) is 3.54. The summed E-state index contributed by atoms with van der Waals surface area (Å²) in [5.41, 5.74) is -0.481. The number of hydrogen-bond acceptors (Lipinski definition) is 3. The highest BCUT2D eigenvalue weighted by molar-refractivity contribution is 5.85. The van der Waals surface area contributed by atoms with Crippen molar-refractivity contribution < 1.29 is 13.9 Å². The average molecular weight is 294 g/mol. The van der Waals surface area contributed by atoms with Crippen LogP contribution in [0.25, 0.3) is 0 Å². The number of piperidine rings is 1. The summed E-state index contributed by atoms with van der Waals surface area (Å²) >= 11 is 0. The average Bonchev–Trinajstić information content (AvgIpc) is 2.49. The van der Waals surface area contributed by atoms with Gasteiger partial charge in [0.15, 0.2) is 11.6 Å². The minimum absolute atomic E-state index is 0.0688. The van der Waals surface area contributed by atoms with Crippen LogP contribution in [0.15, 0.2) is 24.3 Å². The van der Waals surface area contributed by atoms with Crippen LogP contribution < -0.4 is 10.1 Å². The molecule has 5 heteroatoms. The quantitative estimate of drug-likeness (QED) is 0.905. The first-order valence-corrected chi connectivity index (χ1v) is 7.41. The van der Waals surface area contributed by atoms with Gasteiger partial charge in [0.25, 0.3) is 0 Å². The SMILES string of the molecule is CN(CCOc1ccccc1F)C(=O)C1(C)CCCCN1. The van der Waals surface area contributed by atoms with E-state index in [1.807, 2.05) is 6.92 Å². The third-order valence-corrected chi connectivity index (χ3v) is 3.96. The van der Waals surface area contributed by atoms with Gasteiger partial charge in [0.1, 0.15) is 6.61 Å². The van der Waals surface area contributed by atoms with E-state index in [9.17, 15) is 9.18 Å². The normalized spacial score (nSPS) is 21.9. The van der Waals surface area contributed by atoms with E-state index >= 15 is 0 Å². The molecule has 1 aromatic carbocycles. The molecule has 116 valence electrons. The van der Waals surface area contributed by atoms with Crippen LogP contribution in [0.3, 0.4) is 0 Å². The first-order valence-electron chi connectivity index (χ1n) is 7.41. The van der Waals surface area contributed by atoms with Crippen LogP contribution in [0.5, 0.6) is 5.75 Å². The monoisotopic (exact) mass is 294 g/mol. The highest BCUT2D eigenvalue weighted by atomic mass is 19.1.